The second-order valence-corrected chi connectivity index (χ2v) is 10.4. The number of methoxy groups -OCH3 is 1. The number of fused-ring (bicyclic) bond motifs is 1. The Morgan fingerprint density at radius 3 is 2.36 bits per heavy atom. The number of carbonyl (C=O) groups is 2. The number of anilines is 2. The molecular weight excluding hydrogens is 579 g/mol. The number of amides is 2. The molecule has 0 bridgehead atoms. The highest BCUT2D eigenvalue weighted by molar-refractivity contribution is 5.96. The van der Waals surface area contributed by atoms with Gasteiger partial charge in [0.05, 0.1) is 18.9 Å². The molecule has 3 aromatic carbocycles. The molecule has 0 saturated carbocycles. The largest absolute Gasteiger partial charge is 0.492 e. The van der Waals surface area contributed by atoms with Gasteiger partial charge in [-0.3, -0.25) is 9.59 Å². The van der Waals surface area contributed by atoms with E-state index in [9.17, 15) is 19.1 Å². The first-order valence-corrected chi connectivity index (χ1v) is 14.2. The summed E-state index contributed by atoms with van der Waals surface area (Å²) in [4.78, 5) is 29.9. The van der Waals surface area contributed by atoms with Crippen LogP contribution in [0, 0.1) is 5.82 Å². The monoisotopic (exact) mass is 612 g/mol. The van der Waals surface area contributed by atoms with E-state index in [0.717, 1.165) is 16.7 Å². The molecule has 5 rings (SSSR count). The number of benzene rings is 3. The van der Waals surface area contributed by atoms with Crippen molar-refractivity contribution in [1.29, 1.82) is 0 Å². The van der Waals surface area contributed by atoms with Gasteiger partial charge in [-0.2, -0.15) is 4.98 Å². The minimum Gasteiger partial charge on any atom is -0.492 e. The van der Waals surface area contributed by atoms with E-state index < -0.39 is 18.2 Å². The standard InChI is InChI=1S/C33H33FN6O5/c1-4-45-28-17-24(31(43)38-33(2,20-41)44-3)11-15-27(28)36-32-37-29-16-12-25(19-40(29)39-32)22-7-9-23(10-8-22)30(42)35-18-21-5-13-26(34)14-6-21/h5-17,19,41H,4,18,20H2,1-3H3,(H,35,42)(H,36,39)(H,38,43). The van der Waals surface area contributed by atoms with Gasteiger partial charge in [-0.1, -0.05) is 24.3 Å². The molecule has 2 amide bonds. The average Bonchev–Trinajstić information content (AvgIpc) is 3.47. The van der Waals surface area contributed by atoms with Crippen molar-refractivity contribution in [3.8, 4) is 16.9 Å². The summed E-state index contributed by atoms with van der Waals surface area (Å²) in [6.45, 7) is 3.67. The van der Waals surface area contributed by atoms with Crippen molar-refractivity contribution >= 4 is 29.1 Å². The number of hydrogen-bond acceptors (Lipinski definition) is 8. The maximum absolute atomic E-state index is 13.1. The van der Waals surface area contributed by atoms with Gasteiger partial charge in [0.15, 0.2) is 11.4 Å². The van der Waals surface area contributed by atoms with Gasteiger partial charge < -0.3 is 30.5 Å². The fourth-order valence-corrected chi connectivity index (χ4v) is 4.44. The zero-order valence-electron chi connectivity index (χ0n) is 25.0. The van der Waals surface area contributed by atoms with Crippen LogP contribution in [0.25, 0.3) is 16.8 Å². The van der Waals surface area contributed by atoms with Crippen LogP contribution in [0.4, 0.5) is 16.0 Å². The van der Waals surface area contributed by atoms with Crippen molar-refractivity contribution in [2.75, 3.05) is 25.6 Å². The summed E-state index contributed by atoms with van der Waals surface area (Å²) in [6.07, 6.45) is 1.84. The molecule has 232 valence electrons. The van der Waals surface area contributed by atoms with E-state index in [0.29, 0.717) is 47.3 Å². The van der Waals surface area contributed by atoms with Gasteiger partial charge in [-0.25, -0.2) is 8.91 Å². The third-order valence-corrected chi connectivity index (χ3v) is 7.10. The lowest BCUT2D eigenvalue weighted by molar-refractivity contribution is -0.0561. The van der Waals surface area contributed by atoms with Crippen LogP contribution in [0.2, 0.25) is 0 Å². The quantitative estimate of drug-likeness (QED) is 0.149. The van der Waals surface area contributed by atoms with E-state index in [1.807, 2.05) is 37.4 Å². The van der Waals surface area contributed by atoms with Gasteiger partial charge in [0, 0.05) is 36.5 Å². The zero-order valence-corrected chi connectivity index (χ0v) is 25.0. The number of nitrogens with one attached hydrogen (secondary N) is 3. The van der Waals surface area contributed by atoms with Gasteiger partial charge in [0.1, 0.15) is 11.6 Å². The molecule has 0 saturated heterocycles. The molecule has 5 aromatic rings. The summed E-state index contributed by atoms with van der Waals surface area (Å²) in [7, 11) is 1.40. The molecular formula is C33H33FN6O5. The molecule has 4 N–H and O–H groups in total. The molecule has 12 heteroatoms. The predicted octanol–water partition coefficient (Wildman–Crippen LogP) is 4.69. The summed E-state index contributed by atoms with van der Waals surface area (Å²) in [5, 5.41) is 22.8. The summed E-state index contributed by atoms with van der Waals surface area (Å²) in [5.74, 6) is -0.234. The van der Waals surface area contributed by atoms with Gasteiger partial charge in [-0.05, 0) is 79.6 Å². The average molecular weight is 613 g/mol. The van der Waals surface area contributed by atoms with Crippen LogP contribution in [0.3, 0.4) is 0 Å². The minimum absolute atomic E-state index is 0.230. The number of aliphatic hydroxyl groups is 1. The molecule has 0 fully saturated rings. The van der Waals surface area contributed by atoms with Crippen LogP contribution < -0.4 is 20.7 Å². The molecule has 1 unspecified atom stereocenters. The number of halogens is 1. The van der Waals surface area contributed by atoms with E-state index >= 15 is 0 Å². The van der Waals surface area contributed by atoms with Crippen molar-refractivity contribution in [2.24, 2.45) is 0 Å². The molecule has 45 heavy (non-hydrogen) atoms. The Bertz CT molecular complexity index is 1800. The minimum atomic E-state index is -1.22. The Hall–Kier alpha value is -5.33. The van der Waals surface area contributed by atoms with Crippen molar-refractivity contribution in [3.63, 3.8) is 0 Å². The molecule has 2 aromatic heterocycles. The maximum Gasteiger partial charge on any atom is 0.253 e. The van der Waals surface area contributed by atoms with E-state index in [2.05, 4.69) is 26.0 Å². The van der Waals surface area contributed by atoms with Crippen LogP contribution in [0.15, 0.2) is 85.1 Å². The van der Waals surface area contributed by atoms with Crippen molar-refractivity contribution in [2.45, 2.75) is 26.1 Å². The lowest BCUT2D eigenvalue weighted by Gasteiger charge is -2.27. The lowest BCUT2D eigenvalue weighted by atomic mass is 10.1. The van der Waals surface area contributed by atoms with Gasteiger partial charge in [-0.15, -0.1) is 5.10 Å². The molecule has 0 aliphatic carbocycles. The third-order valence-electron chi connectivity index (χ3n) is 7.10. The van der Waals surface area contributed by atoms with Crippen molar-refractivity contribution in [1.82, 2.24) is 25.2 Å². The Morgan fingerprint density at radius 1 is 0.956 bits per heavy atom. The number of aromatic nitrogens is 3. The predicted molar refractivity (Wildman–Crippen MR) is 167 cm³/mol. The van der Waals surface area contributed by atoms with Crippen LogP contribution in [0.1, 0.15) is 40.1 Å². The number of pyridine rings is 1. The molecule has 0 spiro atoms. The zero-order chi connectivity index (χ0) is 32.0. The highest BCUT2D eigenvalue weighted by Crippen LogP contribution is 2.29. The Labute approximate surface area is 259 Å². The first-order chi connectivity index (χ1) is 21.7. The Balaban J connectivity index is 1.28. The fraction of sp³-hybridized carbons (Fsp3) is 0.212. The van der Waals surface area contributed by atoms with E-state index in [1.165, 1.54) is 19.2 Å². The number of ether oxygens (including phenoxy) is 2. The first-order valence-electron chi connectivity index (χ1n) is 14.2. The molecule has 0 radical (unpaired) electrons. The Morgan fingerprint density at radius 2 is 1.67 bits per heavy atom. The maximum atomic E-state index is 13.1. The molecule has 0 aliphatic heterocycles. The number of nitrogens with zero attached hydrogens (tertiary/aromatic N) is 3. The van der Waals surface area contributed by atoms with E-state index in [-0.39, 0.29) is 11.7 Å². The lowest BCUT2D eigenvalue weighted by Crippen LogP contribution is -2.50. The molecule has 1 atom stereocenters. The highest BCUT2D eigenvalue weighted by atomic mass is 19.1. The van der Waals surface area contributed by atoms with Crippen LogP contribution >= 0.6 is 0 Å². The molecule has 2 heterocycles. The van der Waals surface area contributed by atoms with Crippen molar-refractivity contribution in [3.05, 3.63) is 108 Å². The number of carbonyl (C=O) groups excluding carboxylic acids is 2. The molecule has 11 nitrogen and oxygen atoms in total. The second kappa shape index (κ2) is 13.5. The van der Waals surface area contributed by atoms with Gasteiger partial charge in [0.25, 0.3) is 11.8 Å². The van der Waals surface area contributed by atoms with Crippen LogP contribution in [0.5, 0.6) is 5.75 Å². The first kappa shape index (κ1) is 31.1. The normalized spacial score (nSPS) is 12.4. The third kappa shape index (κ3) is 7.43. The summed E-state index contributed by atoms with van der Waals surface area (Å²) in [5.41, 5.74) is 3.34. The van der Waals surface area contributed by atoms with Gasteiger partial charge >= 0.3 is 0 Å². The Kier molecular flexibility index (Phi) is 9.36. The SMILES string of the molecule is CCOc1cc(C(=O)NC(C)(CO)OC)ccc1Nc1nc2ccc(-c3ccc(C(=O)NCc4ccc(F)cc4)cc3)cn2n1. The summed E-state index contributed by atoms with van der Waals surface area (Å²) < 4.78 is 25.7. The highest BCUT2D eigenvalue weighted by Gasteiger charge is 2.26. The van der Waals surface area contributed by atoms with E-state index in [1.54, 1.807) is 53.9 Å². The van der Waals surface area contributed by atoms with Crippen LogP contribution in [-0.2, 0) is 11.3 Å². The summed E-state index contributed by atoms with van der Waals surface area (Å²) >= 11 is 0. The van der Waals surface area contributed by atoms with E-state index in [4.69, 9.17) is 9.47 Å². The van der Waals surface area contributed by atoms with Gasteiger partial charge in [0.2, 0.25) is 5.95 Å². The van der Waals surface area contributed by atoms with Crippen LogP contribution in [-0.4, -0.2) is 57.6 Å². The number of hydrogen-bond donors (Lipinski definition) is 4. The topological polar surface area (TPSA) is 139 Å². The smallest absolute Gasteiger partial charge is 0.253 e. The summed E-state index contributed by atoms with van der Waals surface area (Å²) in [6, 6.07) is 21.8. The van der Waals surface area contributed by atoms with Crippen molar-refractivity contribution < 1.29 is 28.6 Å². The number of aliphatic hydroxyl groups excluding tert-OH is 1. The number of rotatable bonds is 12. The molecule has 0 aliphatic rings. The fourth-order valence-electron chi connectivity index (χ4n) is 4.44. The second-order valence-electron chi connectivity index (χ2n) is 10.4.